The monoisotopic (exact) mass is 649 g/mol. The number of carboxylic acids is 1. The summed E-state index contributed by atoms with van der Waals surface area (Å²) in [5.41, 5.74) is 0.865. The molecule has 0 unspecified atom stereocenters. The highest BCUT2D eigenvalue weighted by atomic mass is 19.4. The average Bonchev–Trinajstić information content (AvgIpc) is 3.04. The Morgan fingerprint density at radius 3 is 1.89 bits per heavy atom. The van der Waals surface area contributed by atoms with E-state index in [-0.39, 0.29) is 29.1 Å². The number of carbonyl (C=O) groups is 3. The van der Waals surface area contributed by atoms with Gasteiger partial charge in [0.25, 0.3) is 5.91 Å². The van der Waals surface area contributed by atoms with Crippen molar-refractivity contribution in [2.45, 2.75) is 44.2 Å². The zero-order valence-electron chi connectivity index (χ0n) is 24.8. The first kappa shape index (κ1) is 32.7. The van der Waals surface area contributed by atoms with Gasteiger partial charge in [0.2, 0.25) is 0 Å². The molecule has 3 amide bonds. The Bertz CT molecular complexity index is 1690. The van der Waals surface area contributed by atoms with Gasteiger partial charge in [-0.3, -0.25) is 4.79 Å². The number of hydrogen-bond acceptors (Lipinski definition) is 6. The molecule has 4 N–H and O–H groups in total. The number of aromatic carboxylic acids is 1. The summed E-state index contributed by atoms with van der Waals surface area (Å²) >= 11 is 0. The molecule has 10 nitrogen and oxygen atoms in total. The van der Waals surface area contributed by atoms with Crippen LogP contribution >= 0.6 is 0 Å². The number of ether oxygens (including phenoxy) is 3. The van der Waals surface area contributed by atoms with E-state index in [0.29, 0.717) is 54.2 Å². The van der Waals surface area contributed by atoms with E-state index in [4.69, 9.17) is 9.47 Å². The third-order valence-electron chi connectivity index (χ3n) is 7.24. The van der Waals surface area contributed by atoms with Crippen LogP contribution < -0.4 is 30.2 Å². The largest absolute Gasteiger partial charge is 0.573 e. The molecule has 47 heavy (non-hydrogen) atoms. The molecule has 4 aromatic carbocycles. The van der Waals surface area contributed by atoms with Crippen molar-refractivity contribution in [1.82, 2.24) is 5.32 Å². The number of carboxylic acid groups (broad SMARTS) is 1. The minimum Gasteiger partial charge on any atom is -0.490 e. The average molecular weight is 650 g/mol. The first-order valence-corrected chi connectivity index (χ1v) is 14.6. The molecule has 13 heteroatoms. The first-order chi connectivity index (χ1) is 22.5. The van der Waals surface area contributed by atoms with E-state index < -0.39 is 24.3 Å². The second-order valence-corrected chi connectivity index (χ2v) is 10.7. The van der Waals surface area contributed by atoms with Gasteiger partial charge in [-0.2, -0.15) is 0 Å². The van der Waals surface area contributed by atoms with E-state index in [1.54, 1.807) is 60.7 Å². The molecule has 0 saturated heterocycles. The topological polar surface area (TPSA) is 135 Å². The standard InChI is InChI=1S/C34H30F3N3O7/c35-34(36,37)47-28-15-9-23(10-16-28)39-33(44)38-22-7-13-25(14-8-22)46-27-19-17-26(18-20-27)45-24-11-5-21(6-12-24)31(41)40-30-4-2-1-3-29(30)32(42)43/h1-6,9-12,15-20,22,25H,7-8,13-14H2,(H,40,41)(H,42,43)(H2,38,39,44). The molecule has 0 aliphatic heterocycles. The van der Waals surface area contributed by atoms with Gasteiger partial charge in [0.15, 0.2) is 0 Å². The number of nitrogens with one attached hydrogen (secondary N) is 3. The molecule has 1 saturated carbocycles. The Morgan fingerprint density at radius 2 is 1.28 bits per heavy atom. The minimum absolute atomic E-state index is 0.00594. The lowest BCUT2D eigenvalue weighted by Gasteiger charge is -2.29. The van der Waals surface area contributed by atoms with Gasteiger partial charge in [-0.15, -0.1) is 13.2 Å². The van der Waals surface area contributed by atoms with Gasteiger partial charge in [-0.25, -0.2) is 9.59 Å². The molecule has 0 aromatic heterocycles. The third kappa shape index (κ3) is 9.63. The number of benzene rings is 4. The van der Waals surface area contributed by atoms with Gasteiger partial charge in [-0.1, -0.05) is 12.1 Å². The number of halogens is 3. The Balaban J connectivity index is 1.04. The summed E-state index contributed by atoms with van der Waals surface area (Å²) in [5, 5.41) is 17.4. The summed E-state index contributed by atoms with van der Waals surface area (Å²) < 4.78 is 52.8. The van der Waals surface area contributed by atoms with Crippen LogP contribution in [0.15, 0.2) is 97.1 Å². The lowest BCUT2D eigenvalue weighted by molar-refractivity contribution is -0.274. The highest BCUT2D eigenvalue weighted by molar-refractivity contribution is 6.07. The quantitative estimate of drug-likeness (QED) is 0.137. The van der Waals surface area contributed by atoms with Gasteiger partial charge in [0.1, 0.15) is 23.0 Å². The van der Waals surface area contributed by atoms with Crippen LogP contribution in [0.3, 0.4) is 0 Å². The molecule has 0 radical (unpaired) electrons. The van der Waals surface area contributed by atoms with Crippen LogP contribution in [0.5, 0.6) is 23.0 Å². The number of hydrogen-bond donors (Lipinski definition) is 4. The summed E-state index contributed by atoms with van der Waals surface area (Å²) in [7, 11) is 0. The normalized spacial score (nSPS) is 16.0. The molecule has 5 rings (SSSR count). The highest BCUT2D eigenvalue weighted by Crippen LogP contribution is 2.28. The van der Waals surface area contributed by atoms with Gasteiger partial charge in [0, 0.05) is 17.3 Å². The van der Waals surface area contributed by atoms with E-state index in [9.17, 15) is 32.7 Å². The van der Waals surface area contributed by atoms with Crippen LogP contribution in [-0.2, 0) is 0 Å². The smallest absolute Gasteiger partial charge is 0.490 e. The lowest BCUT2D eigenvalue weighted by Crippen LogP contribution is -2.41. The van der Waals surface area contributed by atoms with Crippen LogP contribution in [-0.4, -0.2) is 41.5 Å². The van der Waals surface area contributed by atoms with Gasteiger partial charge in [-0.05, 0) is 111 Å². The van der Waals surface area contributed by atoms with Crippen molar-refractivity contribution in [1.29, 1.82) is 0 Å². The summed E-state index contributed by atoms with van der Waals surface area (Å²) in [5.74, 6) is -0.234. The van der Waals surface area contributed by atoms with Crippen LogP contribution in [0.4, 0.5) is 29.3 Å². The van der Waals surface area contributed by atoms with E-state index in [0.717, 1.165) is 12.1 Å². The number of alkyl halides is 3. The second-order valence-electron chi connectivity index (χ2n) is 10.7. The van der Waals surface area contributed by atoms with Crippen LogP contribution in [0, 0.1) is 0 Å². The number of urea groups is 1. The fourth-order valence-corrected chi connectivity index (χ4v) is 4.98. The van der Waals surface area contributed by atoms with Crippen molar-refractivity contribution in [3.8, 4) is 23.0 Å². The second kappa shape index (κ2) is 14.6. The SMILES string of the molecule is O=C(Nc1ccc(OC(F)(F)F)cc1)NC1CCC(Oc2ccc(Oc3ccc(C(=O)Nc4ccccc4C(=O)O)cc3)cc2)CC1. The number of para-hydroxylation sites is 1. The maximum Gasteiger partial charge on any atom is 0.573 e. The van der Waals surface area contributed by atoms with E-state index in [2.05, 4.69) is 20.7 Å². The van der Waals surface area contributed by atoms with E-state index in [1.165, 1.54) is 24.3 Å². The van der Waals surface area contributed by atoms with Crippen LogP contribution in [0.25, 0.3) is 0 Å². The summed E-state index contributed by atoms with van der Waals surface area (Å²) in [6, 6.07) is 24.1. The molecule has 0 spiro atoms. The molecular weight excluding hydrogens is 619 g/mol. The molecule has 0 bridgehead atoms. The molecular formula is C34H30F3N3O7. The molecule has 1 fully saturated rings. The zero-order chi connectivity index (χ0) is 33.4. The molecule has 4 aromatic rings. The number of carbonyl (C=O) groups excluding carboxylic acids is 2. The fraction of sp³-hybridized carbons (Fsp3) is 0.206. The van der Waals surface area contributed by atoms with E-state index >= 15 is 0 Å². The number of rotatable bonds is 10. The predicted octanol–water partition coefficient (Wildman–Crippen LogP) is 7.84. The maximum absolute atomic E-state index is 12.6. The van der Waals surface area contributed by atoms with Gasteiger partial charge < -0.3 is 35.3 Å². The van der Waals surface area contributed by atoms with Crippen molar-refractivity contribution in [2.75, 3.05) is 10.6 Å². The minimum atomic E-state index is -4.78. The molecule has 1 aliphatic carbocycles. The van der Waals surface area contributed by atoms with Crippen molar-refractivity contribution >= 4 is 29.3 Å². The summed E-state index contributed by atoms with van der Waals surface area (Å²) in [4.78, 5) is 36.4. The first-order valence-electron chi connectivity index (χ1n) is 14.6. The van der Waals surface area contributed by atoms with Crippen molar-refractivity contribution in [3.63, 3.8) is 0 Å². The van der Waals surface area contributed by atoms with Gasteiger partial charge in [0.05, 0.1) is 17.4 Å². The highest BCUT2D eigenvalue weighted by Gasteiger charge is 2.31. The molecule has 0 heterocycles. The Kier molecular flexibility index (Phi) is 10.1. The maximum atomic E-state index is 12.6. The fourth-order valence-electron chi connectivity index (χ4n) is 4.98. The van der Waals surface area contributed by atoms with Crippen molar-refractivity contribution in [2.24, 2.45) is 0 Å². The van der Waals surface area contributed by atoms with Gasteiger partial charge >= 0.3 is 18.4 Å². The molecule has 0 atom stereocenters. The Hall–Kier alpha value is -5.72. The zero-order valence-corrected chi connectivity index (χ0v) is 24.8. The lowest BCUT2D eigenvalue weighted by atomic mass is 9.93. The Morgan fingerprint density at radius 1 is 0.702 bits per heavy atom. The summed E-state index contributed by atoms with van der Waals surface area (Å²) in [6.07, 6.45) is -2.00. The third-order valence-corrected chi connectivity index (χ3v) is 7.24. The van der Waals surface area contributed by atoms with Crippen LogP contribution in [0.1, 0.15) is 46.4 Å². The number of amides is 3. The summed E-state index contributed by atoms with van der Waals surface area (Å²) in [6.45, 7) is 0. The van der Waals surface area contributed by atoms with Crippen molar-refractivity contribution in [3.05, 3.63) is 108 Å². The van der Waals surface area contributed by atoms with Crippen molar-refractivity contribution < 1.29 is 46.9 Å². The number of anilines is 2. The molecule has 244 valence electrons. The molecule has 1 aliphatic rings. The predicted molar refractivity (Wildman–Crippen MR) is 166 cm³/mol. The van der Waals surface area contributed by atoms with E-state index in [1.807, 2.05) is 0 Å². The Labute approximate surface area is 267 Å². The van der Waals surface area contributed by atoms with Crippen LogP contribution in [0.2, 0.25) is 0 Å².